The molecule has 37 heavy (non-hydrogen) atoms. The maximum atomic E-state index is 12.4. The van der Waals surface area contributed by atoms with E-state index in [1.54, 1.807) is 48.5 Å². The molecule has 10 heteroatoms. The van der Waals surface area contributed by atoms with Crippen LogP contribution in [0.3, 0.4) is 0 Å². The number of likely N-dealkylation sites (N-methyl/N-ethyl adjacent to an activating group) is 1. The van der Waals surface area contributed by atoms with E-state index < -0.39 is 0 Å². The summed E-state index contributed by atoms with van der Waals surface area (Å²) < 4.78 is 5.63. The third-order valence-corrected chi connectivity index (χ3v) is 6.78. The number of nitrogens with zero attached hydrogens (tertiary/aromatic N) is 3. The molecule has 0 aliphatic carbocycles. The van der Waals surface area contributed by atoms with Crippen molar-refractivity contribution in [3.8, 4) is 17.1 Å². The summed E-state index contributed by atoms with van der Waals surface area (Å²) in [5.74, 6) is 0.643. The molecule has 0 radical (unpaired) electrons. The highest BCUT2D eigenvalue weighted by Gasteiger charge is 2.17. The second kappa shape index (κ2) is 10.8. The summed E-state index contributed by atoms with van der Waals surface area (Å²) in [5.41, 5.74) is 2.57. The molecule has 4 aromatic rings. The quantitative estimate of drug-likeness (QED) is 0.371. The number of fused-ring (bicyclic) bond motifs is 1. The van der Waals surface area contributed by atoms with Gasteiger partial charge in [0.05, 0.1) is 21.6 Å². The largest absolute Gasteiger partial charge is 0.484 e. The van der Waals surface area contributed by atoms with Gasteiger partial charge in [-0.1, -0.05) is 23.2 Å². The zero-order valence-electron chi connectivity index (χ0n) is 20.1. The lowest BCUT2D eigenvalue weighted by atomic mass is 10.2. The first-order valence-corrected chi connectivity index (χ1v) is 12.6. The van der Waals surface area contributed by atoms with Crippen LogP contribution in [0.4, 0.5) is 11.4 Å². The van der Waals surface area contributed by atoms with Gasteiger partial charge in [0, 0.05) is 42.5 Å². The number of halogens is 2. The van der Waals surface area contributed by atoms with Crippen molar-refractivity contribution in [1.29, 1.82) is 0 Å². The highest BCUT2D eigenvalue weighted by molar-refractivity contribution is 6.33. The molecule has 0 saturated carbocycles. The molecule has 1 amide bonds. The average molecular weight is 538 g/mol. The Bertz CT molecular complexity index is 1500. The van der Waals surface area contributed by atoms with Crippen molar-refractivity contribution < 1.29 is 9.53 Å². The number of benzene rings is 3. The highest BCUT2D eigenvalue weighted by Crippen LogP contribution is 2.29. The number of nitrogens with one attached hydrogen (secondary N) is 2. The van der Waals surface area contributed by atoms with Crippen molar-refractivity contribution in [3.05, 3.63) is 81.1 Å². The SMILES string of the molecule is CN1CCN(c2ccc(NC(=O)COc3ccc(-c4nc5ccc(Cl)cc5c(=O)[nH]4)cc3)cc2Cl)CC1. The summed E-state index contributed by atoms with van der Waals surface area (Å²) in [6.07, 6.45) is 0. The Kier molecular flexibility index (Phi) is 7.32. The predicted molar refractivity (Wildman–Crippen MR) is 148 cm³/mol. The average Bonchev–Trinajstić information content (AvgIpc) is 2.89. The molecular weight excluding hydrogens is 513 g/mol. The zero-order chi connectivity index (χ0) is 25.9. The lowest BCUT2D eigenvalue weighted by Gasteiger charge is -2.34. The maximum absolute atomic E-state index is 12.4. The lowest BCUT2D eigenvalue weighted by Crippen LogP contribution is -2.44. The van der Waals surface area contributed by atoms with E-state index in [-0.39, 0.29) is 18.1 Å². The van der Waals surface area contributed by atoms with Crippen LogP contribution in [0.25, 0.3) is 22.3 Å². The smallest absolute Gasteiger partial charge is 0.262 e. The molecule has 0 bridgehead atoms. The van der Waals surface area contributed by atoms with E-state index >= 15 is 0 Å². The number of hydrogen-bond donors (Lipinski definition) is 2. The minimum absolute atomic E-state index is 0.164. The topological polar surface area (TPSA) is 90.6 Å². The molecule has 1 aromatic heterocycles. The van der Waals surface area contributed by atoms with Gasteiger partial charge in [0.25, 0.3) is 11.5 Å². The molecule has 1 saturated heterocycles. The summed E-state index contributed by atoms with van der Waals surface area (Å²) in [7, 11) is 2.11. The number of hydrogen-bond acceptors (Lipinski definition) is 6. The lowest BCUT2D eigenvalue weighted by molar-refractivity contribution is -0.118. The molecule has 5 rings (SSSR count). The Morgan fingerprint density at radius 2 is 1.78 bits per heavy atom. The van der Waals surface area contributed by atoms with Gasteiger partial charge in [-0.2, -0.15) is 0 Å². The Morgan fingerprint density at radius 3 is 2.51 bits per heavy atom. The zero-order valence-corrected chi connectivity index (χ0v) is 21.6. The van der Waals surface area contributed by atoms with Crippen molar-refractivity contribution in [2.45, 2.75) is 0 Å². The van der Waals surface area contributed by atoms with E-state index in [1.165, 1.54) is 0 Å². The molecule has 0 unspecified atom stereocenters. The molecular formula is C27H25Cl2N5O3. The summed E-state index contributed by atoms with van der Waals surface area (Å²) >= 11 is 12.5. The molecule has 0 atom stereocenters. The van der Waals surface area contributed by atoms with Crippen LogP contribution < -0.4 is 20.5 Å². The van der Waals surface area contributed by atoms with E-state index in [0.29, 0.717) is 43.8 Å². The number of rotatable bonds is 6. The van der Waals surface area contributed by atoms with E-state index in [4.69, 9.17) is 27.9 Å². The van der Waals surface area contributed by atoms with Gasteiger partial charge < -0.3 is 24.8 Å². The van der Waals surface area contributed by atoms with Crippen LogP contribution in [0.1, 0.15) is 0 Å². The standard InChI is InChI=1S/C27H25Cl2N5O3/c1-33-10-12-34(13-11-33)24-9-5-19(15-22(24)29)30-25(35)16-37-20-6-2-17(3-7-20)26-31-23-8-4-18(28)14-21(23)27(36)32-26/h2-9,14-15H,10-13,16H2,1H3,(H,30,35)(H,31,32,36). The first-order chi connectivity index (χ1) is 17.9. The molecule has 1 aliphatic rings. The van der Waals surface area contributed by atoms with Crippen LogP contribution in [0.5, 0.6) is 5.75 Å². The number of anilines is 2. The summed E-state index contributed by atoms with van der Waals surface area (Å²) in [4.78, 5) is 36.7. The molecule has 1 fully saturated rings. The van der Waals surface area contributed by atoms with E-state index in [0.717, 1.165) is 31.9 Å². The Labute approximate surface area is 223 Å². The highest BCUT2D eigenvalue weighted by atomic mass is 35.5. The minimum Gasteiger partial charge on any atom is -0.484 e. The molecule has 3 aromatic carbocycles. The number of carbonyl (C=O) groups is 1. The van der Waals surface area contributed by atoms with Gasteiger partial charge in [0.1, 0.15) is 11.6 Å². The van der Waals surface area contributed by atoms with Crippen LogP contribution in [0.2, 0.25) is 10.0 Å². The minimum atomic E-state index is -0.299. The van der Waals surface area contributed by atoms with Gasteiger partial charge in [-0.3, -0.25) is 9.59 Å². The molecule has 1 aliphatic heterocycles. The van der Waals surface area contributed by atoms with Crippen LogP contribution >= 0.6 is 23.2 Å². The van der Waals surface area contributed by atoms with E-state index in [9.17, 15) is 9.59 Å². The normalized spacial score (nSPS) is 14.1. The number of aromatic amines is 1. The van der Waals surface area contributed by atoms with Crippen molar-refractivity contribution in [3.63, 3.8) is 0 Å². The van der Waals surface area contributed by atoms with Crippen molar-refractivity contribution in [1.82, 2.24) is 14.9 Å². The molecule has 2 heterocycles. The monoisotopic (exact) mass is 537 g/mol. The molecule has 0 spiro atoms. The van der Waals surface area contributed by atoms with Gasteiger partial charge in [-0.05, 0) is 67.7 Å². The first-order valence-electron chi connectivity index (χ1n) is 11.8. The molecule has 2 N–H and O–H groups in total. The van der Waals surface area contributed by atoms with E-state index in [2.05, 4.69) is 32.1 Å². The van der Waals surface area contributed by atoms with Gasteiger partial charge in [0.2, 0.25) is 0 Å². The second-order valence-electron chi connectivity index (χ2n) is 8.89. The van der Waals surface area contributed by atoms with Gasteiger partial charge in [-0.15, -0.1) is 0 Å². The number of aromatic nitrogens is 2. The second-order valence-corrected chi connectivity index (χ2v) is 9.74. The van der Waals surface area contributed by atoms with Crippen LogP contribution in [-0.4, -0.2) is 60.6 Å². The summed E-state index contributed by atoms with van der Waals surface area (Å²) in [6.45, 7) is 3.63. The fraction of sp³-hybridized carbons (Fsp3) is 0.222. The van der Waals surface area contributed by atoms with Crippen molar-refractivity contribution in [2.75, 3.05) is 50.1 Å². The number of amides is 1. The Balaban J connectivity index is 1.18. The van der Waals surface area contributed by atoms with Crippen molar-refractivity contribution in [2.24, 2.45) is 0 Å². The first kappa shape index (κ1) is 25.1. The predicted octanol–water partition coefficient (Wildman–Crippen LogP) is 4.67. The number of carbonyl (C=O) groups excluding carboxylic acids is 1. The Morgan fingerprint density at radius 1 is 1.03 bits per heavy atom. The number of ether oxygens (including phenoxy) is 1. The third kappa shape index (κ3) is 5.88. The fourth-order valence-electron chi connectivity index (χ4n) is 4.19. The molecule has 8 nitrogen and oxygen atoms in total. The Hall–Kier alpha value is -3.59. The third-order valence-electron chi connectivity index (χ3n) is 6.24. The van der Waals surface area contributed by atoms with Gasteiger partial charge >= 0.3 is 0 Å². The number of piperazine rings is 1. The summed E-state index contributed by atoms with van der Waals surface area (Å²) in [5, 5.41) is 4.32. The van der Waals surface area contributed by atoms with Crippen molar-refractivity contribution >= 4 is 51.4 Å². The van der Waals surface area contributed by atoms with Gasteiger partial charge in [0.15, 0.2) is 6.61 Å². The maximum Gasteiger partial charge on any atom is 0.262 e. The van der Waals surface area contributed by atoms with Crippen LogP contribution in [0.15, 0.2) is 65.5 Å². The fourth-order valence-corrected chi connectivity index (χ4v) is 4.66. The van der Waals surface area contributed by atoms with Gasteiger partial charge in [-0.25, -0.2) is 4.98 Å². The summed E-state index contributed by atoms with van der Waals surface area (Å²) in [6, 6.07) is 17.5. The van der Waals surface area contributed by atoms with E-state index in [1.807, 2.05) is 12.1 Å². The molecule has 190 valence electrons. The number of H-pyrrole nitrogens is 1. The van der Waals surface area contributed by atoms with Crippen LogP contribution in [0, 0.1) is 0 Å². The van der Waals surface area contributed by atoms with Crippen LogP contribution in [-0.2, 0) is 4.79 Å².